The quantitative estimate of drug-likeness (QED) is 0.729. The Hall–Kier alpha value is -2.38. The number of hydrogen-bond acceptors (Lipinski definition) is 7. The highest BCUT2D eigenvalue weighted by Gasteiger charge is 2.35. The monoisotopic (exact) mass is 354 g/mol. The molecule has 1 aromatic carbocycles. The molecule has 3 aromatic rings. The van der Waals surface area contributed by atoms with Gasteiger partial charge in [-0.2, -0.15) is 0 Å². The van der Waals surface area contributed by atoms with Crippen molar-refractivity contribution in [3.8, 4) is 0 Å². The molecule has 0 aliphatic carbocycles. The lowest BCUT2D eigenvalue weighted by Gasteiger charge is -2.39. The SMILES string of the molecule is CC(=O)c1nc2c(N3CCC(O)(c4ccccc4)CC3)ncnc2s1. The van der Waals surface area contributed by atoms with Crippen molar-refractivity contribution in [3.05, 3.63) is 47.2 Å². The largest absolute Gasteiger partial charge is 0.385 e. The molecule has 0 amide bonds. The summed E-state index contributed by atoms with van der Waals surface area (Å²) < 4.78 is 0. The zero-order valence-corrected chi connectivity index (χ0v) is 14.7. The highest BCUT2D eigenvalue weighted by atomic mass is 32.1. The molecule has 3 heterocycles. The molecule has 0 saturated carbocycles. The molecule has 0 atom stereocenters. The van der Waals surface area contributed by atoms with Crippen LogP contribution in [0.4, 0.5) is 5.82 Å². The van der Waals surface area contributed by atoms with Gasteiger partial charge in [0.2, 0.25) is 0 Å². The third-order valence-electron chi connectivity index (χ3n) is 4.68. The molecule has 1 aliphatic heterocycles. The van der Waals surface area contributed by atoms with Crippen LogP contribution in [0.1, 0.15) is 35.1 Å². The average Bonchev–Trinajstić information content (AvgIpc) is 3.08. The highest BCUT2D eigenvalue weighted by Crippen LogP contribution is 2.36. The van der Waals surface area contributed by atoms with Crippen LogP contribution >= 0.6 is 11.3 Å². The van der Waals surface area contributed by atoms with E-state index in [1.807, 2.05) is 30.3 Å². The van der Waals surface area contributed by atoms with E-state index in [0.717, 1.165) is 16.2 Å². The molecule has 25 heavy (non-hydrogen) atoms. The summed E-state index contributed by atoms with van der Waals surface area (Å²) >= 11 is 1.29. The fraction of sp³-hybridized carbons (Fsp3) is 0.333. The second-order valence-corrected chi connectivity index (χ2v) is 7.29. The Labute approximate surface area is 149 Å². The average molecular weight is 354 g/mol. The van der Waals surface area contributed by atoms with E-state index in [0.29, 0.717) is 36.5 Å². The fourth-order valence-electron chi connectivity index (χ4n) is 3.25. The van der Waals surface area contributed by atoms with Crippen LogP contribution in [-0.4, -0.2) is 38.9 Å². The Bertz CT molecular complexity index is 917. The van der Waals surface area contributed by atoms with Gasteiger partial charge >= 0.3 is 0 Å². The van der Waals surface area contributed by atoms with Crippen LogP contribution in [0.2, 0.25) is 0 Å². The van der Waals surface area contributed by atoms with Crippen LogP contribution in [0.25, 0.3) is 10.3 Å². The zero-order chi connectivity index (χ0) is 17.4. The Morgan fingerprint density at radius 1 is 1.20 bits per heavy atom. The summed E-state index contributed by atoms with van der Waals surface area (Å²) in [5, 5.41) is 11.4. The number of nitrogens with zero attached hydrogens (tertiary/aromatic N) is 4. The minimum atomic E-state index is -0.809. The summed E-state index contributed by atoms with van der Waals surface area (Å²) in [6, 6.07) is 9.79. The Balaban J connectivity index is 1.61. The molecule has 0 bridgehead atoms. The number of piperidine rings is 1. The van der Waals surface area contributed by atoms with Crippen LogP contribution in [0.3, 0.4) is 0 Å². The summed E-state index contributed by atoms with van der Waals surface area (Å²) in [5.41, 5.74) is 0.814. The van der Waals surface area contributed by atoms with Gasteiger partial charge < -0.3 is 10.0 Å². The molecule has 6 nitrogen and oxygen atoms in total. The first kappa shape index (κ1) is 16.1. The van der Waals surface area contributed by atoms with Crippen molar-refractivity contribution in [1.82, 2.24) is 15.0 Å². The van der Waals surface area contributed by atoms with Gasteiger partial charge in [-0.05, 0) is 18.4 Å². The van der Waals surface area contributed by atoms with Crippen LogP contribution < -0.4 is 4.90 Å². The van der Waals surface area contributed by atoms with E-state index in [2.05, 4.69) is 19.9 Å². The number of carbonyl (C=O) groups excluding carboxylic acids is 1. The number of Topliss-reactive ketones (excluding diaryl/α,β-unsaturated/α-hetero) is 1. The second kappa shape index (κ2) is 6.16. The normalized spacial score (nSPS) is 17.0. The molecule has 1 N–H and O–H groups in total. The van der Waals surface area contributed by atoms with Gasteiger partial charge in [0.05, 0.1) is 5.60 Å². The molecule has 7 heteroatoms. The van der Waals surface area contributed by atoms with Gasteiger partial charge in [0.25, 0.3) is 0 Å². The van der Waals surface area contributed by atoms with Crippen molar-refractivity contribution in [2.75, 3.05) is 18.0 Å². The number of benzene rings is 1. The van der Waals surface area contributed by atoms with Crippen LogP contribution in [0.15, 0.2) is 36.7 Å². The number of carbonyl (C=O) groups is 1. The minimum absolute atomic E-state index is 0.0638. The van der Waals surface area contributed by atoms with E-state index < -0.39 is 5.60 Å². The second-order valence-electron chi connectivity index (χ2n) is 6.31. The summed E-state index contributed by atoms with van der Waals surface area (Å²) in [5.74, 6) is 0.676. The van der Waals surface area contributed by atoms with Gasteiger partial charge in [-0.25, -0.2) is 15.0 Å². The molecule has 2 aromatic heterocycles. The van der Waals surface area contributed by atoms with Crippen LogP contribution in [0, 0.1) is 0 Å². The predicted molar refractivity (Wildman–Crippen MR) is 97.0 cm³/mol. The van der Waals surface area contributed by atoms with Gasteiger partial charge in [0, 0.05) is 20.0 Å². The zero-order valence-electron chi connectivity index (χ0n) is 13.8. The van der Waals surface area contributed by atoms with Gasteiger partial charge in [-0.1, -0.05) is 41.7 Å². The minimum Gasteiger partial charge on any atom is -0.385 e. The topological polar surface area (TPSA) is 79.2 Å². The standard InChI is InChI=1S/C18H18N4O2S/c1-12(23)16-21-14-15(19-11-20-17(14)25-16)22-9-7-18(24,8-10-22)13-5-3-2-4-6-13/h2-6,11,24H,7-10H2,1H3. The van der Waals surface area contributed by atoms with Crippen molar-refractivity contribution in [2.45, 2.75) is 25.4 Å². The summed E-state index contributed by atoms with van der Waals surface area (Å²) in [4.78, 5) is 27.5. The van der Waals surface area contributed by atoms with Crippen molar-refractivity contribution < 1.29 is 9.90 Å². The fourth-order valence-corrected chi connectivity index (χ4v) is 4.05. The highest BCUT2D eigenvalue weighted by molar-refractivity contribution is 7.19. The molecular formula is C18H18N4O2S. The summed E-state index contributed by atoms with van der Waals surface area (Å²) in [7, 11) is 0. The van der Waals surface area contributed by atoms with E-state index in [1.54, 1.807) is 0 Å². The molecule has 1 saturated heterocycles. The third-order valence-corrected chi connectivity index (χ3v) is 5.74. The van der Waals surface area contributed by atoms with E-state index in [9.17, 15) is 9.90 Å². The first-order valence-corrected chi connectivity index (χ1v) is 9.04. The number of aliphatic hydroxyl groups is 1. The van der Waals surface area contributed by atoms with E-state index in [4.69, 9.17) is 0 Å². The summed E-state index contributed by atoms with van der Waals surface area (Å²) in [6.45, 7) is 2.85. The smallest absolute Gasteiger partial charge is 0.188 e. The number of aromatic nitrogens is 3. The third kappa shape index (κ3) is 2.89. The lowest BCUT2D eigenvalue weighted by atomic mass is 9.84. The number of rotatable bonds is 3. The van der Waals surface area contributed by atoms with Gasteiger partial charge in [-0.15, -0.1) is 0 Å². The van der Waals surface area contributed by atoms with E-state index in [1.165, 1.54) is 24.6 Å². The number of anilines is 1. The van der Waals surface area contributed by atoms with Crippen molar-refractivity contribution in [2.24, 2.45) is 0 Å². The van der Waals surface area contributed by atoms with Gasteiger partial charge in [-0.3, -0.25) is 4.79 Å². The maximum atomic E-state index is 11.6. The molecule has 0 spiro atoms. The Kier molecular flexibility index (Phi) is 3.97. The van der Waals surface area contributed by atoms with Crippen LogP contribution in [-0.2, 0) is 5.60 Å². The molecule has 0 unspecified atom stereocenters. The number of thiazole rings is 1. The molecule has 128 valence electrons. The van der Waals surface area contributed by atoms with E-state index >= 15 is 0 Å². The van der Waals surface area contributed by atoms with E-state index in [-0.39, 0.29) is 5.78 Å². The number of hydrogen-bond donors (Lipinski definition) is 1. The Morgan fingerprint density at radius 2 is 1.92 bits per heavy atom. The lowest BCUT2D eigenvalue weighted by molar-refractivity contribution is 0.0117. The molecule has 0 radical (unpaired) electrons. The summed E-state index contributed by atoms with van der Waals surface area (Å²) in [6.07, 6.45) is 2.75. The molecular weight excluding hydrogens is 336 g/mol. The van der Waals surface area contributed by atoms with Crippen molar-refractivity contribution in [1.29, 1.82) is 0 Å². The van der Waals surface area contributed by atoms with Gasteiger partial charge in [0.15, 0.2) is 16.6 Å². The maximum Gasteiger partial charge on any atom is 0.188 e. The maximum absolute atomic E-state index is 11.6. The molecule has 1 aliphatic rings. The van der Waals surface area contributed by atoms with Crippen LogP contribution in [0.5, 0.6) is 0 Å². The van der Waals surface area contributed by atoms with Crippen molar-refractivity contribution in [3.63, 3.8) is 0 Å². The molecule has 1 fully saturated rings. The van der Waals surface area contributed by atoms with Gasteiger partial charge in [0.1, 0.15) is 16.7 Å². The Morgan fingerprint density at radius 3 is 2.60 bits per heavy atom. The lowest BCUT2D eigenvalue weighted by Crippen LogP contribution is -2.43. The van der Waals surface area contributed by atoms with Crippen molar-refractivity contribution >= 4 is 33.3 Å². The number of ketones is 1. The first-order chi connectivity index (χ1) is 12.1. The predicted octanol–water partition coefficient (Wildman–Crippen LogP) is 2.78. The number of fused-ring (bicyclic) bond motifs is 1. The molecule has 4 rings (SSSR count). The first-order valence-electron chi connectivity index (χ1n) is 8.22.